The van der Waals surface area contributed by atoms with Crippen molar-refractivity contribution >= 4 is 5.70 Å². The van der Waals surface area contributed by atoms with Crippen LogP contribution in [0.5, 0.6) is 0 Å². The number of benzene rings is 1. The molecule has 1 aliphatic carbocycles. The van der Waals surface area contributed by atoms with Crippen LogP contribution < -0.4 is 5.32 Å². The summed E-state index contributed by atoms with van der Waals surface area (Å²) in [4.78, 5) is 5.18. The summed E-state index contributed by atoms with van der Waals surface area (Å²) in [7, 11) is 2.26. The van der Waals surface area contributed by atoms with Gasteiger partial charge in [-0.2, -0.15) is 0 Å². The topological polar surface area (TPSA) is 18.5 Å². The van der Waals surface area contributed by atoms with Crippen LogP contribution in [0.15, 0.2) is 67.3 Å². The lowest BCUT2D eigenvalue weighted by Gasteiger charge is -2.32. The van der Waals surface area contributed by atoms with E-state index in [-0.39, 0.29) is 0 Å². The van der Waals surface area contributed by atoms with Crippen LogP contribution in [-0.4, -0.2) is 55.6 Å². The normalized spacial score (nSPS) is 22.3. The molecule has 3 heteroatoms. The summed E-state index contributed by atoms with van der Waals surface area (Å²) < 4.78 is 0. The molecule has 3 aliphatic rings. The molecule has 1 aromatic carbocycles. The number of nitrogens with zero attached hydrogens (tertiary/aromatic N) is 2. The molecular weight excluding hydrogens is 414 g/mol. The highest BCUT2D eigenvalue weighted by molar-refractivity contribution is 5.62. The average molecular weight is 460 g/mol. The van der Waals surface area contributed by atoms with E-state index in [0.717, 1.165) is 24.2 Å². The summed E-state index contributed by atoms with van der Waals surface area (Å²) in [5.74, 6) is 1.41. The van der Waals surface area contributed by atoms with E-state index < -0.39 is 0 Å². The number of likely N-dealkylation sites (tertiary alicyclic amines) is 2. The lowest BCUT2D eigenvalue weighted by molar-refractivity contribution is 0.180. The van der Waals surface area contributed by atoms with E-state index in [0.29, 0.717) is 5.92 Å². The van der Waals surface area contributed by atoms with Gasteiger partial charge in [0.1, 0.15) is 0 Å². The number of piperidine rings is 1. The number of rotatable bonds is 11. The Balaban J connectivity index is 1.15. The summed E-state index contributed by atoms with van der Waals surface area (Å²) in [5, 5.41) is 3.59. The fourth-order valence-electron chi connectivity index (χ4n) is 5.82. The Kier molecular flexibility index (Phi) is 9.64. The van der Waals surface area contributed by atoms with Gasteiger partial charge in [0.25, 0.3) is 0 Å². The van der Waals surface area contributed by atoms with Gasteiger partial charge in [0.05, 0.1) is 0 Å². The first-order valence-corrected chi connectivity index (χ1v) is 13.6. The molecule has 4 rings (SSSR count). The first-order valence-electron chi connectivity index (χ1n) is 13.6. The molecule has 2 aliphatic heterocycles. The van der Waals surface area contributed by atoms with E-state index in [1.807, 2.05) is 0 Å². The Hall–Kier alpha value is -2.10. The maximum Gasteiger partial charge on any atom is 0.0340 e. The van der Waals surface area contributed by atoms with Gasteiger partial charge in [-0.1, -0.05) is 61.2 Å². The zero-order valence-electron chi connectivity index (χ0n) is 21.3. The van der Waals surface area contributed by atoms with Gasteiger partial charge in [-0.15, -0.1) is 0 Å². The molecule has 1 N–H and O–H groups in total. The molecule has 0 saturated carbocycles. The Labute approximate surface area is 208 Å². The minimum atomic E-state index is 0.605. The van der Waals surface area contributed by atoms with Crippen molar-refractivity contribution < 1.29 is 0 Å². The van der Waals surface area contributed by atoms with Crippen LogP contribution in [0.3, 0.4) is 0 Å². The molecule has 0 bridgehead atoms. The van der Waals surface area contributed by atoms with Gasteiger partial charge in [0, 0.05) is 18.3 Å². The van der Waals surface area contributed by atoms with Crippen molar-refractivity contribution in [1.82, 2.24) is 15.1 Å². The third kappa shape index (κ3) is 7.71. The Morgan fingerprint density at radius 1 is 1.00 bits per heavy atom. The Morgan fingerprint density at radius 2 is 1.79 bits per heavy atom. The van der Waals surface area contributed by atoms with Gasteiger partial charge in [-0.25, -0.2) is 0 Å². The highest BCUT2D eigenvalue weighted by atomic mass is 15.1. The van der Waals surface area contributed by atoms with E-state index in [1.165, 1.54) is 88.7 Å². The van der Waals surface area contributed by atoms with Crippen molar-refractivity contribution in [3.05, 3.63) is 78.4 Å². The summed E-state index contributed by atoms with van der Waals surface area (Å²) in [6.45, 7) is 10.4. The predicted molar refractivity (Wildman–Crippen MR) is 147 cm³/mol. The van der Waals surface area contributed by atoms with E-state index in [1.54, 1.807) is 0 Å². The maximum atomic E-state index is 4.33. The maximum absolute atomic E-state index is 4.33. The summed E-state index contributed by atoms with van der Waals surface area (Å²) in [6, 6.07) is 9.83. The highest BCUT2D eigenvalue weighted by Gasteiger charge is 2.21. The second-order valence-corrected chi connectivity index (χ2v) is 10.6. The molecule has 2 fully saturated rings. The minimum Gasteiger partial charge on any atom is -0.385 e. The van der Waals surface area contributed by atoms with Crippen LogP contribution >= 0.6 is 0 Å². The molecule has 0 aromatic heterocycles. The van der Waals surface area contributed by atoms with Gasteiger partial charge >= 0.3 is 0 Å². The third-order valence-electron chi connectivity index (χ3n) is 8.06. The van der Waals surface area contributed by atoms with Crippen LogP contribution in [0.25, 0.3) is 5.70 Å². The number of hydrogen-bond acceptors (Lipinski definition) is 3. The molecule has 184 valence electrons. The third-order valence-corrected chi connectivity index (χ3v) is 8.06. The van der Waals surface area contributed by atoms with E-state index in [9.17, 15) is 0 Å². The molecule has 2 saturated heterocycles. The number of nitrogens with one attached hydrogen (secondary N) is 1. The molecule has 3 nitrogen and oxygen atoms in total. The van der Waals surface area contributed by atoms with Crippen molar-refractivity contribution in [3.63, 3.8) is 0 Å². The largest absolute Gasteiger partial charge is 0.385 e. The zero-order chi connectivity index (χ0) is 23.6. The van der Waals surface area contributed by atoms with Crippen LogP contribution in [0, 0.1) is 11.8 Å². The fourth-order valence-corrected chi connectivity index (χ4v) is 5.82. The standard InChI is InChI=1S/C31H45N3/c1-26(32-19-16-31-15-9-20-33(31)2)30-14-7-12-29(25-30)24-28-17-22-34(23-18-28)21-8-13-27-10-5-3-4-6-11-27/h3-7,10-12,14,25,27-28,31-32H,1,8-9,13,15-24H2,2H3. The molecule has 1 atom stereocenters. The SMILES string of the molecule is C=C(NCCC1CCCN1C)c1cccc(CC2CCN(CCCC3C=CC=CC=C3)CC2)c1. The van der Waals surface area contributed by atoms with Gasteiger partial charge in [-0.05, 0) is 114 Å². The lowest BCUT2D eigenvalue weighted by Crippen LogP contribution is -2.35. The van der Waals surface area contributed by atoms with Crippen molar-refractivity contribution in [1.29, 1.82) is 0 Å². The van der Waals surface area contributed by atoms with Crippen molar-refractivity contribution in [3.8, 4) is 0 Å². The zero-order valence-corrected chi connectivity index (χ0v) is 21.3. The van der Waals surface area contributed by atoms with E-state index >= 15 is 0 Å². The van der Waals surface area contributed by atoms with Gasteiger partial charge in [0.2, 0.25) is 0 Å². The first-order chi connectivity index (χ1) is 16.7. The second kappa shape index (κ2) is 13.1. The number of hydrogen-bond donors (Lipinski definition) is 1. The fraction of sp³-hybridized carbons (Fsp3) is 0.548. The first kappa shape index (κ1) is 25.0. The van der Waals surface area contributed by atoms with Crippen molar-refractivity contribution in [2.75, 3.05) is 39.8 Å². The second-order valence-electron chi connectivity index (χ2n) is 10.6. The monoisotopic (exact) mass is 459 g/mol. The molecule has 1 aromatic rings. The molecule has 0 spiro atoms. The Morgan fingerprint density at radius 3 is 2.53 bits per heavy atom. The molecule has 34 heavy (non-hydrogen) atoms. The van der Waals surface area contributed by atoms with Crippen LogP contribution in [-0.2, 0) is 6.42 Å². The summed E-state index contributed by atoms with van der Waals surface area (Å²) in [5.41, 5.74) is 3.80. The van der Waals surface area contributed by atoms with E-state index in [2.05, 4.69) is 89.5 Å². The van der Waals surface area contributed by atoms with Crippen LogP contribution in [0.4, 0.5) is 0 Å². The Bertz CT molecular complexity index is 843. The molecular formula is C31H45N3. The van der Waals surface area contributed by atoms with Crippen molar-refractivity contribution in [2.45, 2.75) is 57.4 Å². The van der Waals surface area contributed by atoms with E-state index in [4.69, 9.17) is 0 Å². The summed E-state index contributed by atoms with van der Waals surface area (Å²) in [6.07, 6.45) is 23.6. The highest BCUT2D eigenvalue weighted by Crippen LogP contribution is 2.24. The molecule has 0 radical (unpaired) electrons. The molecule has 0 amide bonds. The van der Waals surface area contributed by atoms with Crippen molar-refractivity contribution in [2.24, 2.45) is 11.8 Å². The molecule has 2 heterocycles. The minimum absolute atomic E-state index is 0.605. The predicted octanol–water partition coefficient (Wildman–Crippen LogP) is 6.06. The average Bonchev–Trinajstić information content (AvgIpc) is 3.09. The quantitative estimate of drug-likeness (QED) is 0.434. The van der Waals surface area contributed by atoms with Gasteiger partial charge < -0.3 is 15.1 Å². The van der Waals surface area contributed by atoms with Crippen LogP contribution in [0.1, 0.15) is 56.1 Å². The van der Waals surface area contributed by atoms with Crippen LogP contribution in [0.2, 0.25) is 0 Å². The number of allylic oxidation sites excluding steroid dienone is 6. The molecule has 1 unspecified atom stereocenters. The lowest BCUT2D eigenvalue weighted by atomic mass is 9.89. The smallest absolute Gasteiger partial charge is 0.0340 e. The summed E-state index contributed by atoms with van der Waals surface area (Å²) >= 11 is 0. The van der Waals surface area contributed by atoms with Gasteiger partial charge in [-0.3, -0.25) is 0 Å². The van der Waals surface area contributed by atoms with Gasteiger partial charge in [0.15, 0.2) is 0 Å².